The third-order valence-electron chi connectivity index (χ3n) is 4.70. The van der Waals surface area contributed by atoms with Crippen LogP contribution < -0.4 is 5.32 Å². The fraction of sp³-hybridized carbons (Fsp3) is 0.375. The molecule has 2 aromatic rings. The molecule has 2 N–H and O–H groups in total. The Balaban J connectivity index is 2.04. The number of amides is 1. The van der Waals surface area contributed by atoms with Gasteiger partial charge in [-0.1, -0.05) is 61.3 Å². The molecule has 0 aliphatic heterocycles. The molecule has 7 heteroatoms. The van der Waals surface area contributed by atoms with E-state index in [-0.39, 0.29) is 25.2 Å². The van der Waals surface area contributed by atoms with Gasteiger partial charge < -0.3 is 15.2 Å². The number of unbranched alkanes of at least 4 members (excludes halogenated alkanes) is 1. The summed E-state index contributed by atoms with van der Waals surface area (Å²) in [6.07, 6.45) is 1.77. The second kappa shape index (κ2) is 12.7. The first kappa shape index (κ1) is 24.4. The fourth-order valence-corrected chi connectivity index (χ4v) is 3.26. The quantitative estimate of drug-likeness (QED) is 0.367. The summed E-state index contributed by atoms with van der Waals surface area (Å²) in [6.45, 7) is 2.36. The summed E-state index contributed by atoms with van der Waals surface area (Å²) in [5.41, 5.74) is 2.94. The first-order valence-corrected chi connectivity index (χ1v) is 10.8. The van der Waals surface area contributed by atoms with Gasteiger partial charge in [-0.15, -0.1) is 0 Å². The van der Waals surface area contributed by atoms with E-state index in [4.69, 9.17) is 21.4 Å². The molecule has 1 atom stereocenters. The van der Waals surface area contributed by atoms with Gasteiger partial charge in [0.15, 0.2) is 0 Å². The van der Waals surface area contributed by atoms with Gasteiger partial charge in [0.1, 0.15) is 0 Å². The van der Waals surface area contributed by atoms with Crippen molar-refractivity contribution in [1.29, 1.82) is 0 Å². The first-order valence-electron chi connectivity index (χ1n) is 10.4. The Morgan fingerprint density at radius 3 is 2.45 bits per heavy atom. The average Bonchev–Trinajstić information content (AvgIpc) is 2.73. The van der Waals surface area contributed by atoms with Gasteiger partial charge in [-0.2, -0.15) is 0 Å². The van der Waals surface area contributed by atoms with Crippen LogP contribution in [0.1, 0.15) is 44.6 Å². The summed E-state index contributed by atoms with van der Waals surface area (Å²) in [4.78, 5) is 35.0. The molecule has 2 aromatic carbocycles. The van der Waals surface area contributed by atoms with Gasteiger partial charge in [-0.3, -0.25) is 14.4 Å². The van der Waals surface area contributed by atoms with Crippen LogP contribution >= 0.6 is 11.6 Å². The first-order chi connectivity index (χ1) is 14.9. The minimum atomic E-state index is -1.04. The molecule has 0 fully saturated rings. The lowest BCUT2D eigenvalue weighted by atomic mass is 9.99. The number of rotatable bonds is 12. The van der Waals surface area contributed by atoms with Gasteiger partial charge >= 0.3 is 11.9 Å². The molecule has 0 spiro atoms. The van der Waals surface area contributed by atoms with E-state index >= 15 is 0 Å². The van der Waals surface area contributed by atoms with Gasteiger partial charge in [-0.25, -0.2) is 0 Å². The zero-order valence-corrected chi connectivity index (χ0v) is 18.4. The molecule has 0 bridgehead atoms. The van der Waals surface area contributed by atoms with Gasteiger partial charge in [0, 0.05) is 17.5 Å². The maximum Gasteiger partial charge on any atom is 0.307 e. The Hall–Kier alpha value is -2.86. The largest absolute Gasteiger partial charge is 0.481 e. The number of carbonyl (C=O) groups is 3. The molecular weight excluding hydrogens is 418 g/mol. The van der Waals surface area contributed by atoms with Crippen LogP contribution in [0.15, 0.2) is 48.5 Å². The molecule has 31 heavy (non-hydrogen) atoms. The van der Waals surface area contributed by atoms with Crippen molar-refractivity contribution in [3.63, 3.8) is 0 Å². The third kappa shape index (κ3) is 9.22. The number of ether oxygens (including phenoxy) is 1. The van der Waals surface area contributed by atoms with E-state index < -0.39 is 17.9 Å². The zero-order chi connectivity index (χ0) is 22.6. The summed E-state index contributed by atoms with van der Waals surface area (Å²) in [5.74, 6) is -1.82. The van der Waals surface area contributed by atoms with Crippen LogP contribution in [0.25, 0.3) is 11.1 Å². The number of aliphatic carboxylic acids is 1. The van der Waals surface area contributed by atoms with Crippen molar-refractivity contribution in [2.24, 2.45) is 0 Å². The Morgan fingerprint density at radius 2 is 1.81 bits per heavy atom. The number of hydrogen-bond donors (Lipinski definition) is 2. The van der Waals surface area contributed by atoms with Crippen LogP contribution in [0.5, 0.6) is 0 Å². The molecule has 0 radical (unpaired) electrons. The molecule has 0 saturated carbocycles. The normalized spacial score (nSPS) is 11.5. The number of halogens is 1. The molecule has 6 nitrogen and oxygen atoms in total. The SMILES string of the molecule is CCCCOC(=O)CC(Cc1ccc(-c2cccc(Cl)c2)cc1)NC(=O)CCC(=O)O. The van der Waals surface area contributed by atoms with Crippen LogP contribution in [-0.4, -0.2) is 35.6 Å². The fourth-order valence-electron chi connectivity index (χ4n) is 3.07. The minimum absolute atomic E-state index is 0.0264. The number of carboxylic acid groups (broad SMARTS) is 1. The lowest BCUT2D eigenvalue weighted by Gasteiger charge is -2.18. The van der Waals surface area contributed by atoms with Gasteiger partial charge in [0.2, 0.25) is 5.91 Å². The van der Waals surface area contributed by atoms with Crippen LogP contribution in [0, 0.1) is 0 Å². The van der Waals surface area contributed by atoms with Crippen LogP contribution in [0.3, 0.4) is 0 Å². The predicted octanol–water partition coefficient (Wildman–Crippen LogP) is 4.63. The summed E-state index contributed by atoms with van der Waals surface area (Å²) < 4.78 is 5.22. The van der Waals surface area contributed by atoms with Crippen molar-refractivity contribution in [2.45, 2.75) is 51.5 Å². The Kier molecular flexibility index (Phi) is 10.0. The molecule has 0 heterocycles. The Morgan fingerprint density at radius 1 is 1.06 bits per heavy atom. The molecule has 0 saturated heterocycles. The lowest BCUT2D eigenvalue weighted by molar-refractivity contribution is -0.144. The summed E-state index contributed by atoms with van der Waals surface area (Å²) in [5, 5.41) is 12.2. The van der Waals surface area contributed by atoms with E-state index in [1.54, 1.807) is 0 Å². The summed E-state index contributed by atoms with van der Waals surface area (Å²) in [6, 6.07) is 14.9. The van der Waals surface area contributed by atoms with Crippen molar-refractivity contribution < 1.29 is 24.2 Å². The molecule has 1 unspecified atom stereocenters. The highest BCUT2D eigenvalue weighted by Gasteiger charge is 2.19. The number of esters is 1. The molecule has 0 aromatic heterocycles. The maximum absolute atomic E-state index is 12.2. The van der Waals surface area contributed by atoms with Gasteiger partial charge in [0.05, 0.1) is 19.4 Å². The second-order valence-corrected chi connectivity index (χ2v) is 7.78. The summed E-state index contributed by atoms with van der Waals surface area (Å²) >= 11 is 6.06. The van der Waals surface area contributed by atoms with Crippen LogP contribution in [0.4, 0.5) is 0 Å². The molecule has 1 amide bonds. The number of nitrogens with one attached hydrogen (secondary N) is 1. The average molecular weight is 446 g/mol. The van der Waals surface area contributed by atoms with Gasteiger partial charge in [-0.05, 0) is 41.7 Å². The molecule has 166 valence electrons. The molecular formula is C24H28ClNO5. The standard InChI is InChI=1S/C24H28ClNO5/c1-2-3-13-31-24(30)16-21(26-22(27)11-12-23(28)29)14-17-7-9-18(10-8-17)19-5-4-6-20(25)15-19/h4-10,15,21H,2-3,11-14,16H2,1H3,(H,26,27)(H,28,29). The lowest BCUT2D eigenvalue weighted by Crippen LogP contribution is -2.38. The minimum Gasteiger partial charge on any atom is -0.481 e. The number of hydrogen-bond acceptors (Lipinski definition) is 4. The molecule has 0 aliphatic rings. The van der Waals surface area contributed by atoms with Crippen molar-refractivity contribution in [3.05, 3.63) is 59.1 Å². The van der Waals surface area contributed by atoms with Crippen molar-refractivity contribution in [1.82, 2.24) is 5.32 Å². The van der Waals surface area contributed by atoms with Crippen LogP contribution in [-0.2, 0) is 25.5 Å². The van der Waals surface area contributed by atoms with Gasteiger partial charge in [0.25, 0.3) is 0 Å². The van der Waals surface area contributed by atoms with E-state index in [2.05, 4.69) is 5.32 Å². The highest BCUT2D eigenvalue weighted by molar-refractivity contribution is 6.30. The monoisotopic (exact) mass is 445 g/mol. The van der Waals surface area contributed by atoms with E-state index in [9.17, 15) is 14.4 Å². The zero-order valence-electron chi connectivity index (χ0n) is 17.6. The predicted molar refractivity (Wildman–Crippen MR) is 120 cm³/mol. The van der Waals surface area contributed by atoms with Crippen molar-refractivity contribution >= 4 is 29.4 Å². The Labute approximate surface area is 187 Å². The second-order valence-electron chi connectivity index (χ2n) is 7.35. The highest BCUT2D eigenvalue weighted by atomic mass is 35.5. The smallest absolute Gasteiger partial charge is 0.307 e. The van der Waals surface area contributed by atoms with E-state index in [0.29, 0.717) is 18.1 Å². The van der Waals surface area contributed by atoms with E-state index in [1.807, 2.05) is 55.5 Å². The third-order valence-corrected chi connectivity index (χ3v) is 4.93. The highest BCUT2D eigenvalue weighted by Crippen LogP contribution is 2.23. The molecule has 2 rings (SSSR count). The number of benzene rings is 2. The maximum atomic E-state index is 12.2. The van der Waals surface area contributed by atoms with Crippen molar-refractivity contribution in [2.75, 3.05) is 6.61 Å². The van der Waals surface area contributed by atoms with Crippen LogP contribution in [0.2, 0.25) is 5.02 Å². The topological polar surface area (TPSA) is 92.7 Å². The van der Waals surface area contributed by atoms with Crippen molar-refractivity contribution in [3.8, 4) is 11.1 Å². The van der Waals surface area contributed by atoms with E-state index in [0.717, 1.165) is 29.5 Å². The number of carbonyl (C=O) groups excluding carboxylic acids is 2. The van der Waals surface area contributed by atoms with E-state index in [1.165, 1.54) is 0 Å². The number of carboxylic acids is 1. The summed E-state index contributed by atoms with van der Waals surface area (Å²) in [7, 11) is 0. The Bertz CT molecular complexity index is 882. The molecule has 0 aliphatic carbocycles.